The molecule has 0 aromatic heterocycles. The highest BCUT2D eigenvalue weighted by molar-refractivity contribution is 5.83. The Hall–Kier alpha value is -1.14. The summed E-state index contributed by atoms with van der Waals surface area (Å²) in [5.41, 5.74) is 0. The second kappa shape index (κ2) is 5.33. The molecule has 6 atom stereocenters. The standard InChI is InChI=1S/C14H22N2O4/c1-20-9-5-10(15-6-9)13(17)16-12-8-3-2-7(4-8)11(12)14(18)19/h7-12,15H,2-6H2,1H3,(H,16,17)(H,18,19). The minimum absolute atomic E-state index is 0.0704. The number of fused-ring (bicyclic) bond motifs is 2. The molecule has 0 aromatic rings. The minimum atomic E-state index is -0.767. The van der Waals surface area contributed by atoms with E-state index in [0.717, 1.165) is 19.3 Å². The number of hydrogen-bond donors (Lipinski definition) is 3. The summed E-state index contributed by atoms with van der Waals surface area (Å²) in [6.07, 6.45) is 3.70. The Labute approximate surface area is 118 Å². The van der Waals surface area contributed by atoms with Gasteiger partial charge in [-0.3, -0.25) is 9.59 Å². The number of carbonyl (C=O) groups excluding carboxylic acids is 1. The van der Waals surface area contributed by atoms with Crippen molar-refractivity contribution in [2.75, 3.05) is 13.7 Å². The van der Waals surface area contributed by atoms with Crippen molar-refractivity contribution >= 4 is 11.9 Å². The highest BCUT2D eigenvalue weighted by Crippen LogP contribution is 2.48. The third-order valence-corrected chi connectivity index (χ3v) is 5.25. The van der Waals surface area contributed by atoms with Crippen molar-refractivity contribution in [3.63, 3.8) is 0 Å². The van der Waals surface area contributed by atoms with Crippen molar-refractivity contribution in [1.29, 1.82) is 0 Å². The summed E-state index contributed by atoms with van der Waals surface area (Å²) in [6, 6.07) is -0.448. The van der Waals surface area contributed by atoms with Gasteiger partial charge in [0.05, 0.1) is 18.1 Å². The molecule has 112 valence electrons. The van der Waals surface area contributed by atoms with Crippen molar-refractivity contribution in [2.24, 2.45) is 17.8 Å². The van der Waals surface area contributed by atoms with Crippen LogP contribution >= 0.6 is 0 Å². The largest absolute Gasteiger partial charge is 0.481 e. The molecule has 0 radical (unpaired) electrons. The summed E-state index contributed by atoms with van der Waals surface area (Å²) in [5.74, 6) is -0.668. The maximum absolute atomic E-state index is 12.3. The molecule has 2 aliphatic carbocycles. The van der Waals surface area contributed by atoms with Crippen LogP contribution in [0.1, 0.15) is 25.7 Å². The Morgan fingerprint density at radius 1 is 1.25 bits per heavy atom. The van der Waals surface area contributed by atoms with Crippen LogP contribution < -0.4 is 10.6 Å². The van der Waals surface area contributed by atoms with Crippen LogP contribution in [0.3, 0.4) is 0 Å². The number of methoxy groups -OCH3 is 1. The first kappa shape index (κ1) is 13.8. The van der Waals surface area contributed by atoms with Crippen LogP contribution in [0.4, 0.5) is 0 Å². The number of carboxylic acids is 1. The van der Waals surface area contributed by atoms with Crippen LogP contribution in [0, 0.1) is 17.8 Å². The van der Waals surface area contributed by atoms with Gasteiger partial charge in [-0.15, -0.1) is 0 Å². The third kappa shape index (κ3) is 2.31. The smallest absolute Gasteiger partial charge is 0.308 e. The van der Waals surface area contributed by atoms with Crippen molar-refractivity contribution in [3.8, 4) is 0 Å². The van der Waals surface area contributed by atoms with Crippen molar-refractivity contribution in [3.05, 3.63) is 0 Å². The first-order chi connectivity index (χ1) is 9.60. The number of ether oxygens (including phenoxy) is 1. The molecule has 6 heteroatoms. The quantitative estimate of drug-likeness (QED) is 0.674. The van der Waals surface area contributed by atoms with Crippen LogP contribution in [0.5, 0.6) is 0 Å². The highest BCUT2D eigenvalue weighted by Gasteiger charge is 2.52. The third-order valence-electron chi connectivity index (χ3n) is 5.25. The lowest BCUT2D eigenvalue weighted by Crippen LogP contribution is -2.51. The van der Waals surface area contributed by atoms with E-state index < -0.39 is 11.9 Å². The van der Waals surface area contributed by atoms with Gasteiger partial charge in [0.1, 0.15) is 0 Å². The average molecular weight is 282 g/mol. The van der Waals surface area contributed by atoms with E-state index in [1.165, 1.54) is 0 Å². The number of amides is 1. The molecule has 1 aliphatic heterocycles. The SMILES string of the molecule is COC1CNC(C(=O)NC2C3CCC(C3)C2C(=O)O)C1. The molecule has 2 bridgehead atoms. The first-order valence-corrected chi connectivity index (χ1v) is 7.39. The number of hydrogen-bond acceptors (Lipinski definition) is 4. The van der Waals surface area contributed by atoms with Crippen LogP contribution in [-0.4, -0.2) is 48.8 Å². The van der Waals surface area contributed by atoms with Gasteiger partial charge < -0.3 is 20.5 Å². The molecule has 0 spiro atoms. The van der Waals surface area contributed by atoms with Crippen molar-refractivity contribution < 1.29 is 19.4 Å². The molecule has 20 heavy (non-hydrogen) atoms. The molecular weight excluding hydrogens is 260 g/mol. The summed E-state index contributed by atoms with van der Waals surface area (Å²) in [5, 5.41) is 15.5. The summed E-state index contributed by atoms with van der Waals surface area (Å²) in [7, 11) is 1.64. The molecule has 6 unspecified atom stereocenters. The lowest BCUT2D eigenvalue weighted by molar-refractivity contribution is -0.144. The molecule has 6 nitrogen and oxygen atoms in total. The Bertz CT molecular complexity index is 414. The molecule has 3 aliphatic rings. The highest BCUT2D eigenvalue weighted by atomic mass is 16.5. The Morgan fingerprint density at radius 2 is 2.00 bits per heavy atom. The van der Waals surface area contributed by atoms with E-state index in [9.17, 15) is 14.7 Å². The van der Waals surface area contributed by atoms with Gasteiger partial charge in [0, 0.05) is 19.7 Å². The lowest BCUT2D eigenvalue weighted by Gasteiger charge is -2.29. The van der Waals surface area contributed by atoms with Gasteiger partial charge in [-0.1, -0.05) is 0 Å². The lowest BCUT2D eigenvalue weighted by atomic mass is 9.84. The van der Waals surface area contributed by atoms with Crippen molar-refractivity contribution in [2.45, 2.75) is 43.9 Å². The Balaban J connectivity index is 1.62. The molecule has 3 rings (SSSR count). The summed E-state index contributed by atoms with van der Waals surface area (Å²) >= 11 is 0. The predicted octanol–water partition coefficient (Wildman–Crippen LogP) is -0.0212. The van der Waals surface area contributed by atoms with E-state index in [1.54, 1.807) is 7.11 Å². The van der Waals surface area contributed by atoms with Gasteiger partial charge in [0.25, 0.3) is 0 Å². The zero-order valence-corrected chi connectivity index (χ0v) is 11.7. The fraction of sp³-hybridized carbons (Fsp3) is 0.857. The zero-order chi connectivity index (χ0) is 14.3. The average Bonchev–Trinajstić information content (AvgIpc) is 3.13. The second-order valence-corrected chi connectivity index (χ2v) is 6.29. The monoisotopic (exact) mass is 282 g/mol. The fourth-order valence-electron chi connectivity index (χ4n) is 4.20. The number of rotatable bonds is 4. The second-order valence-electron chi connectivity index (χ2n) is 6.29. The van der Waals surface area contributed by atoms with Crippen LogP contribution in [0.2, 0.25) is 0 Å². The number of nitrogens with one attached hydrogen (secondary N) is 2. The van der Waals surface area contributed by atoms with Crippen LogP contribution in [-0.2, 0) is 14.3 Å². The van der Waals surface area contributed by atoms with Gasteiger partial charge in [-0.05, 0) is 37.5 Å². The van der Waals surface area contributed by atoms with E-state index in [2.05, 4.69) is 10.6 Å². The predicted molar refractivity (Wildman–Crippen MR) is 71.1 cm³/mol. The van der Waals surface area contributed by atoms with Gasteiger partial charge >= 0.3 is 5.97 Å². The van der Waals surface area contributed by atoms with E-state index in [0.29, 0.717) is 18.9 Å². The van der Waals surface area contributed by atoms with Gasteiger partial charge in [0.15, 0.2) is 0 Å². The maximum atomic E-state index is 12.3. The summed E-state index contributed by atoms with van der Waals surface area (Å²) in [6.45, 7) is 0.674. The molecule has 1 amide bonds. The summed E-state index contributed by atoms with van der Waals surface area (Å²) < 4.78 is 5.23. The van der Waals surface area contributed by atoms with Crippen molar-refractivity contribution in [1.82, 2.24) is 10.6 Å². The van der Waals surface area contributed by atoms with E-state index in [4.69, 9.17) is 4.74 Å². The van der Waals surface area contributed by atoms with Crippen LogP contribution in [0.25, 0.3) is 0 Å². The molecule has 1 heterocycles. The molecule has 1 saturated heterocycles. The number of aliphatic carboxylic acids is 1. The Kier molecular flexibility index (Phi) is 3.69. The Morgan fingerprint density at radius 3 is 2.65 bits per heavy atom. The van der Waals surface area contributed by atoms with Gasteiger partial charge in [-0.2, -0.15) is 0 Å². The topological polar surface area (TPSA) is 87.7 Å². The molecule has 2 saturated carbocycles. The molecule has 3 N–H and O–H groups in total. The van der Waals surface area contributed by atoms with E-state index in [-0.39, 0.29) is 30.0 Å². The maximum Gasteiger partial charge on any atom is 0.308 e. The number of carbonyl (C=O) groups is 2. The zero-order valence-electron chi connectivity index (χ0n) is 11.7. The first-order valence-electron chi connectivity index (χ1n) is 7.39. The molecule has 0 aromatic carbocycles. The fourth-order valence-corrected chi connectivity index (χ4v) is 4.20. The van der Waals surface area contributed by atoms with E-state index >= 15 is 0 Å². The molecular formula is C14H22N2O4. The summed E-state index contributed by atoms with van der Waals surface area (Å²) in [4.78, 5) is 23.7. The van der Waals surface area contributed by atoms with E-state index in [1.807, 2.05) is 0 Å². The number of carboxylic acid groups (broad SMARTS) is 1. The van der Waals surface area contributed by atoms with Gasteiger partial charge in [0.2, 0.25) is 5.91 Å². The molecule has 3 fully saturated rings. The van der Waals surface area contributed by atoms with Gasteiger partial charge in [-0.25, -0.2) is 0 Å². The van der Waals surface area contributed by atoms with Crippen LogP contribution in [0.15, 0.2) is 0 Å². The minimum Gasteiger partial charge on any atom is -0.481 e. The normalized spacial score (nSPS) is 42.9.